The summed E-state index contributed by atoms with van der Waals surface area (Å²) in [5.74, 6) is -0.257. The zero-order valence-electron chi connectivity index (χ0n) is 15.7. The molecule has 3 rings (SSSR count). The summed E-state index contributed by atoms with van der Waals surface area (Å²) in [6.45, 7) is 1.90. The summed E-state index contributed by atoms with van der Waals surface area (Å²) in [5, 5.41) is 0.885. The van der Waals surface area contributed by atoms with Crippen molar-refractivity contribution in [1.29, 1.82) is 0 Å². The lowest BCUT2D eigenvalue weighted by molar-refractivity contribution is -0.150. The van der Waals surface area contributed by atoms with Gasteiger partial charge in [-0.25, -0.2) is 4.79 Å². The van der Waals surface area contributed by atoms with Crippen LogP contribution >= 0.6 is 12.2 Å². The van der Waals surface area contributed by atoms with E-state index in [0.717, 1.165) is 16.2 Å². The van der Waals surface area contributed by atoms with Gasteiger partial charge in [-0.3, -0.25) is 4.79 Å². The van der Waals surface area contributed by atoms with Gasteiger partial charge < -0.3 is 14.3 Å². The fourth-order valence-electron chi connectivity index (χ4n) is 2.97. The third-order valence-corrected chi connectivity index (χ3v) is 4.71. The van der Waals surface area contributed by atoms with E-state index in [4.69, 9.17) is 26.5 Å². The van der Waals surface area contributed by atoms with Gasteiger partial charge in [0, 0.05) is 5.56 Å². The molecule has 0 aromatic heterocycles. The molecule has 0 fully saturated rings. The molecule has 2 aromatic carbocycles. The Bertz CT molecular complexity index is 983. The molecule has 7 heteroatoms. The van der Waals surface area contributed by atoms with E-state index in [2.05, 4.69) is 0 Å². The first-order valence-corrected chi connectivity index (χ1v) is 8.97. The minimum Gasteiger partial charge on any atom is -0.493 e. The molecule has 0 atom stereocenters. The predicted octanol–water partition coefficient (Wildman–Crippen LogP) is 3.57. The van der Waals surface area contributed by atoms with Crippen LogP contribution in [0.2, 0.25) is 0 Å². The molecule has 1 aliphatic rings. The SMILES string of the molecule is C/C=C\c1cccc2c1CC(=O)N(OC(=O)c1ccc(OC)c(OC)c1)C2=S. The van der Waals surface area contributed by atoms with E-state index in [-0.39, 0.29) is 17.0 Å². The van der Waals surface area contributed by atoms with E-state index in [1.165, 1.54) is 26.4 Å². The second-order valence-corrected chi connectivity index (χ2v) is 6.38. The normalized spacial score (nSPS) is 13.5. The number of carbonyl (C=O) groups is 2. The molecule has 6 nitrogen and oxygen atoms in total. The van der Waals surface area contributed by atoms with Crippen LogP contribution in [0, 0.1) is 0 Å². The zero-order chi connectivity index (χ0) is 20.3. The first kappa shape index (κ1) is 19.6. The molecular weight excluding hydrogens is 378 g/mol. The maximum absolute atomic E-state index is 12.6. The molecule has 0 unspecified atom stereocenters. The highest BCUT2D eigenvalue weighted by molar-refractivity contribution is 7.80. The number of ether oxygens (including phenoxy) is 2. The lowest BCUT2D eigenvalue weighted by atomic mass is 9.94. The third-order valence-electron chi connectivity index (χ3n) is 4.32. The maximum Gasteiger partial charge on any atom is 0.363 e. The molecule has 0 saturated heterocycles. The molecule has 0 spiro atoms. The first-order chi connectivity index (χ1) is 13.5. The number of carbonyl (C=O) groups excluding carboxylic acids is 2. The molecule has 144 valence electrons. The third kappa shape index (κ3) is 3.61. The number of hydrogen-bond acceptors (Lipinski definition) is 6. The summed E-state index contributed by atoms with van der Waals surface area (Å²) in [6, 6.07) is 10.2. The molecule has 28 heavy (non-hydrogen) atoms. The number of thiocarbonyl (C=S) groups is 1. The van der Waals surface area contributed by atoms with Gasteiger partial charge in [0.05, 0.1) is 26.2 Å². The van der Waals surface area contributed by atoms with Crippen molar-refractivity contribution in [3.05, 3.63) is 64.7 Å². The highest BCUT2D eigenvalue weighted by Crippen LogP contribution is 2.29. The van der Waals surface area contributed by atoms with E-state index < -0.39 is 11.9 Å². The van der Waals surface area contributed by atoms with Gasteiger partial charge in [-0.05, 0) is 36.2 Å². The van der Waals surface area contributed by atoms with Gasteiger partial charge >= 0.3 is 5.97 Å². The lowest BCUT2D eigenvalue weighted by Crippen LogP contribution is -2.43. The van der Waals surface area contributed by atoms with Gasteiger partial charge in [-0.15, -0.1) is 5.06 Å². The van der Waals surface area contributed by atoms with Gasteiger partial charge in [-0.2, -0.15) is 0 Å². The van der Waals surface area contributed by atoms with Crippen LogP contribution in [0.25, 0.3) is 6.08 Å². The number of nitrogens with zero attached hydrogens (tertiary/aromatic N) is 1. The maximum atomic E-state index is 12.6. The molecule has 0 radical (unpaired) electrons. The van der Waals surface area contributed by atoms with E-state index in [1.54, 1.807) is 6.07 Å². The number of hydrogen-bond donors (Lipinski definition) is 0. The van der Waals surface area contributed by atoms with Crippen LogP contribution in [0.5, 0.6) is 11.5 Å². The molecule has 1 heterocycles. The number of allylic oxidation sites excluding steroid dienone is 1. The van der Waals surface area contributed by atoms with Crippen molar-refractivity contribution in [1.82, 2.24) is 5.06 Å². The number of hydroxylamine groups is 2. The van der Waals surface area contributed by atoms with Crippen LogP contribution in [0.3, 0.4) is 0 Å². The average molecular weight is 397 g/mol. The van der Waals surface area contributed by atoms with Crippen molar-refractivity contribution in [2.45, 2.75) is 13.3 Å². The van der Waals surface area contributed by atoms with Crippen LogP contribution in [0.15, 0.2) is 42.5 Å². The predicted molar refractivity (Wildman–Crippen MR) is 108 cm³/mol. The van der Waals surface area contributed by atoms with E-state index in [9.17, 15) is 9.59 Å². The minimum atomic E-state index is -0.718. The minimum absolute atomic E-state index is 0.0925. The summed E-state index contributed by atoms with van der Waals surface area (Å²) in [6.07, 6.45) is 3.90. The Balaban J connectivity index is 1.87. The van der Waals surface area contributed by atoms with Crippen LogP contribution in [0.4, 0.5) is 0 Å². The fourth-order valence-corrected chi connectivity index (χ4v) is 3.31. The lowest BCUT2D eigenvalue weighted by Gasteiger charge is -2.28. The Hall–Kier alpha value is -3.19. The number of amides is 1. The van der Waals surface area contributed by atoms with E-state index in [1.807, 2.05) is 37.3 Å². The molecule has 0 bridgehead atoms. The van der Waals surface area contributed by atoms with Crippen LogP contribution in [0.1, 0.15) is 34.0 Å². The smallest absolute Gasteiger partial charge is 0.363 e. The van der Waals surface area contributed by atoms with Crippen molar-refractivity contribution in [3.63, 3.8) is 0 Å². The van der Waals surface area contributed by atoms with Crippen molar-refractivity contribution in [2.24, 2.45) is 0 Å². The van der Waals surface area contributed by atoms with E-state index in [0.29, 0.717) is 17.1 Å². The van der Waals surface area contributed by atoms with Crippen molar-refractivity contribution in [3.8, 4) is 11.5 Å². The Kier molecular flexibility index (Phi) is 5.75. The molecule has 2 aromatic rings. The highest BCUT2D eigenvalue weighted by Gasteiger charge is 2.32. The number of benzene rings is 2. The zero-order valence-corrected chi connectivity index (χ0v) is 16.5. The second kappa shape index (κ2) is 8.22. The quantitative estimate of drug-likeness (QED) is 0.719. The Morgan fingerprint density at radius 2 is 1.89 bits per heavy atom. The molecule has 0 N–H and O–H groups in total. The number of fused-ring (bicyclic) bond motifs is 1. The molecule has 0 saturated carbocycles. The molecule has 1 aliphatic heterocycles. The van der Waals surface area contributed by atoms with Crippen LogP contribution in [-0.2, 0) is 16.1 Å². The van der Waals surface area contributed by atoms with Crippen LogP contribution < -0.4 is 9.47 Å². The van der Waals surface area contributed by atoms with Gasteiger partial charge in [0.25, 0.3) is 5.91 Å². The second-order valence-electron chi connectivity index (χ2n) is 5.99. The Labute approximate surface area is 168 Å². The van der Waals surface area contributed by atoms with Gasteiger partial charge in [0.1, 0.15) is 0 Å². The summed E-state index contributed by atoms with van der Waals surface area (Å²) in [4.78, 5) is 30.7. The Morgan fingerprint density at radius 3 is 2.57 bits per heavy atom. The van der Waals surface area contributed by atoms with Gasteiger partial charge in [0.2, 0.25) is 0 Å². The number of methoxy groups -OCH3 is 2. The highest BCUT2D eigenvalue weighted by atomic mass is 32.1. The van der Waals surface area contributed by atoms with Gasteiger partial charge in [0.15, 0.2) is 16.5 Å². The number of rotatable bonds is 5. The summed E-state index contributed by atoms with van der Waals surface area (Å²) >= 11 is 5.42. The Morgan fingerprint density at radius 1 is 1.14 bits per heavy atom. The summed E-state index contributed by atoms with van der Waals surface area (Å²) in [5.41, 5.74) is 2.66. The van der Waals surface area contributed by atoms with Crippen LogP contribution in [-0.4, -0.2) is 36.1 Å². The molecular formula is C21H19NO5S. The average Bonchev–Trinajstić information content (AvgIpc) is 2.71. The largest absolute Gasteiger partial charge is 0.493 e. The summed E-state index contributed by atoms with van der Waals surface area (Å²) < 4.78 is 10.4. The monoisotopic (exact) mass is 397 g/mol. The first-order valence-electron chi connectivity index (χ1n) is 8.56. The standard InChI is InChI=1S/C21H19NO5S/c1-4-6-13-7-5-8-15-16(13)12-19(23)22(20(15)28)27-21(24)14-9-10-17(25-2)18(11-14)26-3/h4-11H,12H2,1-3H3/b6-4-. The van der Waals surface area contributed by atoms with Crippen molar-refractivity contribution in [2.75, 3.05) is 14.2 Å². The van der Waals surface area contributed by atoms with Crippen molar-refractivity contribution < 1.29 is 23.9 Å². The molecule has 1 amide bonds. The summed E-state index contributed by atoms with van der Waals surface area (Å²) in [7, 11) is 2.97. The fraction of sp³-hybridized carbons (Fsp3) is 0.190. The van der Waals surface area contributed by atoms with Gasteiger partial charge in [-0.1, -0.05) is 42.6 Å². The molecule has 0 aliphatic carbocycles. The van der Waals surface area contributed by atoms with Crippen molar-refractivity contribution >= 4 is 35.2 Å². The topological polar surface area (TPSA) is 65.1 Å². The van der Waals surface area contributed by atoms with E-state index >= 15 is 0 Å².